The van der Waals surface area contributed by atoms with Gasteiger partial charge in [-0.25, -0.2) is 14.3 Å². The molecular formula is C15H12ClF3N6O. The van der Waals surface area contributed by atoms with Gasteiger partial charge in [-0.1, -0.05) is 11.6 Å². The Hall–Kier alpha value is -2.62. The maximum Gasteiger partial charge on any atom is 0.417 e. The normalized spacial score (nSPS) is 14.7. The van der Waals surface area contributed by atoms with Crippen LogP contribution >= 0.6 is 11.6 Å². The number of hydrogen-bond acceptors (Lipinski definition) is 5. The fourth-order valence-corrected chi connectivity index (χ4v) is 3.29. The molecule has 1 aliphatic rings. The average molecular weight is 385 g/mol. The molecule has 11 heteroatoms. The van der Waals surface area contributed by atoms with Crippen molar-refractivity contribution in [2.45, 2.75) is 26.1 Å². The SMILES string of the molecule is Cc1c(N2CCc3ncc(C(F)(F)F)cc3C2)nc2n[nH]c(=O)n2c1Cl. The molecule has 4 rings (SSSR count). The van der Waals surface area contributed by atoms with Crippen LogP contribution in [-0.2, 0) is 19.1 Å². The number of nitrogens with zero attached hydrogens (tertiary/aromatic N) is 5. The van der Waals surface area contributed by atoms with Crippen LogP contribution in [0.4, 0.5) is 19.0 Å². The molecule has 0 radical (unpaired) electrons. The summed E-state index contributed by atoms with van der Waals surface area (Å²) in [6, 6.07) is 1.11. The van der Waals surface area contributed by atoms with Gasteiger partial charge in [-0.3, -0.25) is 4.98 Å². The topological polar surface area (TPSA) is 79.2 Å². The van der Waals surface area contributed by atoms with Gasteiger partial charge in [0.2, 0.25) is 0 Å². The van der Waals surface area contributed by atoms with Crippen molar-refractivity contribution >= 4 is 23.2 Å². The van der Waals surface area contributed by atoms with Gasteiger partial charge in [0.15, 0.2) is 0 Å². The molecule has 0 amide bonds. The van der Waals surface area contributed by atoms with E-state index in [1.54, 1.807) is 6.92 Å². The Kier molecular flexibility index (Phi) is 3.69. The number of aromatic nitrogens is 5. The van der Waals surface area contributed by atoms with Gasteiger partial charge in [-0.2, -0.15) is 18.2 Å². The lowest BCUT2D eigenvalue weighted by atomic mass is 10.0. The van der Waals surface area contributed by atoms with Gasteiger partial charge in [0.25, 0.3) is 5.78 Å². The Morgan fingerprint density at radius 3 is 2.85 bits per heavy atom. The quantitative estimate of drug-likeness (QED) is 0.651. The van der Waals surface area contributed by atoms with Gasteiger partial charge in [0.05, 0.1) is 5.56 Å². The predicted octanol–water partition coefficient (Wildman–Crippen LogP) is 2.36. The highest BCUT2D eigenvalue weighted by Gasteiger charge is 2.33. The lowest BCUT2D eigenvalue weighted by Crippen LogP contribution is -2.33. The highest BCUT2D eigenvalue weighted by molar-refractivity contribution is 6.30. The smallest absolute Gasteiger partial charge is 0.351 e. The van der Waals surface area contributed by atoms with Crippen LogP contribution < -0.4 is 10.6 Å². The first-order valence-electron chi connectivity index (χ1n) is 7.69. The van der Waals surface area contributed by atoms with Crippen LogP contribution in [0.15, 0.2) is 17.1 Å². The number of alkyl halides is 3. The van der Waals surface area contributed by atoms with E-state index in [0.717, 1.165) is 16.7 Å². The Bertz CT molecular complexity index is 1070. The third kappa shape index (κ3) is 2.61. The van der Waals surface area contributed by atoms with E-state index in [-0.39, 0.29) is 17.5 Å². The molecule has 26 heavy (non-hydrogen) atoms. The van der Waals surface area contributed by atoms with Gasteiger partial charge in [-0.15, -0.1) is 5.10 Å². The number of fused-ring (bicyclic) bond motifs is 2. The van der Waals surface area contributed by atoms with E-state index >= 15 is 0 Å². The molecule has 0 atom stereocenters. The maximum absolute atomic E-state index is 12.9. The summed E-state index contributed by atoms with van der Waals surface area (Å²) in [7, 11) is 0. The number of anilines is 1. The van der Waals surface area contributed by atoms with Crippen molar-refractivity contribution in [1.82, 2.24) is 24.6 Å². The minimum Gasteiger partial charge on any atom is -0.351 e. The zero-order chi connectivity index (χ0) is 18.6. The van der Waals surface area contributed by atoms with Gasteiger partial charge in [0.1, 0.15) is 11.0 Å². The van der Waals surface area contributed by atoms with E-state index in [2.05, 4.69) is 20.2 Å². The molecule has 3 aromatic heterocycles. The predicted molar refractivity (Wildman–Crippen MR) is 87.3 cm³/mol. The Labute approximate surface area is 149 Å². The third-order valence-corrected chi connectivity index (χ3v) is 4.82. The molecule has 4 heterocycles. The molecule has 0 bridgehead atoms. The molecule has 0 aromatic carbocycles. The van der Waals surface area contributed by atoms with Crippen LogP contribution in [0.5, 0.6) is 0 Å². The molecule has 136 valence electrons. The number of hydrogen-bond donors (Lipinski definition) is 1. The summed E-state index contributed by atoms with van der Waals surface area (Å²) in [5.74, 6) is 0.582. The van der Waals surface area contributed by atoms with Crippen molar-refractivity contribution in [3.05, 3.63) is 50.3 Å². The second-order valence-electron chi connectivity index (χ2n) is 6.01. The molecular weight excluding hydrogens is 373 g/mol. The summed E-state index contributed by atoms with van der Waals surface area (Å²) < 4.78 is 40.0. The van der Waals surface area contributed by atoms with Crippen LogP contribution in [0.3, 0.4) is 0 Å². The van der Waals surface area contributed by atoms with Crippen molar-refractivity contribution in [1.29, 1.82) is 0 Å². The van der Waals surface area contributed by atoms with Crippen LogP contribution in [0, 0.1) is 6.92 Å². The largest absolute Gasteiger partial charge is 0.417 e. The first kappa shape index (κ1) is 16.8. The molecule has 3 aromatic rings. The molecule has 0 saturated carbocycles. The summed E-state index contributed by atoms with van der Waals surface area (Å²) >= 11 is 6.26. The van der Waals surface area contributed by atoms with Crippen LogP contribution in [0.2, 0.25) is 5.15 Å². The molecule has 1 N–H and O–H groups in total. The summed E-state index contributed by atoms with van der Waals surface area (Å²) in [6.45, 7) is 2.42. The molecule has 0 fully saturated rings. The average Bonchev–Trinajstić information content (AvgIpc) is 2.97. The Balaban J connectivity index is 1.76. The highest BCUT2D eigenvalue weighted by Crippen LogP contribution is 2.33. The standard InChI is InChI=1S/C15H12ClF3N6O/c1-7-11(16)25-13(22-23-14(25)26)21-12(7)24-3-2-10-8(6-24)4-9(5-20-10)15(17,18)19/h4-5H,2-3,6H2,1H3,(H,23,26). The zero-order valence-corrected chi connectivity index (χ0v) is 14.2. The van der Waals surface area contributed by atoms with Crippen molar-refractivity contribution in [3.8, 4) is 0 Å². The fourth-order valence-electron chi connectivity index (χ4n) is 3.05. The second-order valence-corrected chi connectivity index (χ2v) is 6.37. The van der Waals surface area contributed by atoms with Gasteiger partial charge in [0, 0.05) is 37.0 Å². The van der Waals surface area contributed by atoms with E-state index in [4.69, 9.17) is 11.6 Å². The second kappa shape index (κ2) is 5.70. The third-order valence-electron chi connectivity index (χ3n) is 4.37. The highest BCUT2D eigenvalue weighted by atomic mass is 35.5. The van der Waals surface area contributed by atoms with Gasteiger partial charge in [-0.05, 0) is 18.6 Å². The maximum atomic E-state index is 12.9. The van der Waals surface area contributed by atoms with Crippen molar-refractivity contribution in [3.63, 3.8) is 0 Å². The van der Waals surface area contributed by atoms with Gasteiger partial charge >= 0.3 is 11.9 Å². The first-order chi connectivity index (χ1) is 12.3. The van der Waals surface area contributed by atoms with E-state index in [1.165, 1.54) is 0 Å². The number of aromatic amines is 1. The van der Waals surface area contributed by atoms with Crippen molar-refractivity contribution < 1.29 is 13.2 Å². The molecule has 7 nitrogen and oxygen atoms in total. The van der Waals surface area contributed by atoms with Crippen LogP contribution in [0.25, 0.3) is 5.78 Å². The Morgan fingerprint density at radius 2 is 2.12 bits per heavy atom. The zero-order valence-electron chi connectivity index (χ0n) is 13.4. The molecule has 0 unspecified atom stereocenters. The van der Waals surface area contributed by atoms with Crippen LogP contribution in [-0.4, -0.2) is 31.1 Å². The number of halogens is 4. The van der Waals surface area contributed by atoms with E-state index in [9.17, 15) is 18.0 Å². The Morgan fingerprint density at radius 1 is 1.35 bits per heavy atom. The molecule has 0 saturated heterocycles. The summed E-state index contributed by atoms with van der Waals surface area (Å²) in [4.78, 5) is 21.8. The molecule has 0 aliphatic carbocycles. The number of H-pyrrole nitrogens is 1. The monoisotopic (exact) mass is 384 g/mol. The molecule has 1 aliphatic heterocycles. The van der Waals surface area contributed by atoms with Crippen molar-refractivity contribution in [2.24, 2.45) is 0 Å². The number of rotatable bonds is 1. The van der Waals surface area contributed by atoms with E-state index in [0.29, 0.717) is 35.6 Å². The van der Waals surface area contributed by atoms with Crippen LogP contribution in [0.1, 0.15) is 22.4 Å². The van der Waals surface area contributed by atoms with Crippen molar-refractivity contribution in [2.75, 3.05) is 11.4 Å². The fraction of sp³-hybridized carbons (Fsp3) is 0.333. The first-order valence-corrected chi connectivity index (χ1v) is 8.06. The minimum atomic E-state index is -4.45. The summed E-state index contributed by atoms with van der Waals surface area (Å²) in [5, 5.41) is 6.24. The molecule has 0 spiro atoms. The van der Waals surface area contributed by atoms with E-state index < -0.39 is 17.4 Å². The number of nitrogens with one attached hydrogen (secondary N) is 1. The van der Waals surface area contributed by atoms with E-state index in [1.807, 2.05) is 4.90 Å². The minimum absolute atomic E-state index is 0.105. The summed E-state index contributed by atoms with van der Waals surface area (Å²) in [5.41, 5.74) is 0.383. The van der Waals surface area contributed by atoms with Gasteiger partial charge < -0.3 is 4.90 Å². The lowest BCUT2D eigenvalue weighted by Gasteiger charge is -2.30. The number of pyridine rings is 1. The lowest BCUT2D eigenvalue weighted by molar-refractivity contribution is -0.137. The summed E-state index contributed by atoms with van der Waals surface area (Å²) in [6.07, 6.45) is -3.11.